The number of hydrogen-bond donors (Lipinski definition) is 1. The summed E-state index contributed by atoms with van der Waals surface area (Å²) in [5.74, 6) is -0.0365. The highest BCUT2D eigenvalue weighted by Gasteiger charge is 2.18. The van der Waals surface area contributed by atoms with Gasteiger partial charge in [0, 0.05) is 0 Å². The molecule has 0 aliphatic heterocycles. The Morgan fingerprint density at radius 2 is 1.90 bits per heavy atom. The monoisotopic (exact) mass is 423 g/mol. The van der Waals surface area contributed by atoms with Gasteiger partial charge in [0.15, 0.2) is 5.16 Å². The number of benzene rings is 2. The first kappa shape index (κ1) is 19.6. The van der Waals surface area contributed by atoms with Crippen LogP contribution in [0.15, 0.2) is 75.3 Å². The minimum Gasteiger partial charge on any atom is -0.288 e. The molecule has 30 heavy (non-hydrogen) atoms. The molecule has 2 aromatic carbocycles. The number of hydrogen-bond acceptors (Lipinski definition) is 7. The van der Waals surface area contributed by atoms with E-state index in [1.807, 2.05) is 36.4 Å². The average molecular weight is 423 g/mol. The minimum atomic E-state index is -0.302. The van der Waals surface area contributed by atoms with Crippen LogP contribution >= 0.6 is 11.8 Å². The molecule has 10 heteroatoms. The summed E-state index contributed by atoms with van der Waals surface area (Å²) in [5, 5.41) is 9.06. The lowest BCUT2D eigenvalue weighted by molar-refractivity contribution is -0.753. The van der Waals surface area contributed by atoms with Crippen LogP contribution in [-0.2, 0) is 4.79 Å². The molecule has 1 N–H and O–H groups in total. The Morgan fingerprint density at radius 3 is 2.63 bits per heavy atom. The summed E-state index contributed by atoms with van der Waals surface area (Å²) in [4.78, 5) is 31.6. The van der Waals surface area contributed by atoms with Gasteiger partial charge in [0.2, 0.25) is 11.2 Å². The van der Waals surface area contributed by atoms with Gasteiger partial charge in [0.05, 0.1) is 41.2 Å². The van der Waals surface area contributed by atoms with Crippen molar-refractivity contribution in [3.05, 3.63) is 71.1 Å². The number of nitrogens with one attached hydrogen (secondary N) is 1. The Hall–Kier alpha value is -3.66. The molecular weight excluding hydrogens is 404 g/mol. The Bertz CT molecular complexity index is 1250. The van der Waals surface area contributed by atoms with E-state index in [0.717, 1.165) is 0 Å². The fourth-order valence-electron chi connectivity index (χ4n) is 2.80. The van der Waals surface area contributed by atoms with Gasteiger partial charge in [-0.2, -0.15) is 5.01 Å². The van der Waals surface area contributed by atoms with Crippen molar-refractivity contribution < 1.29 is 14.1 Å². The van der Waals surface area contributed by atoms with Crippen molar-refractivity contribution in [3.8, 4) is 5.69 Å². The third-order valence-electron chi connectivity index (χ3n) is 4.22. The third-order valence-corrected chi connectivity index (χ3v) is 5.16. The SMILES string of the molecule is CN(C)[n+]1cc(NC(=O)CSc2nc3ccccc3c(=O)n2-c2ccccc2)on1. The van der Waals surface area contributed by atoms with E-state index in [1.165, 1.54) is 21.1 Å². The second-order valence-corrected chi connectivity index (χ2v) is 7.50. The molecule has 2 heterocycles. The molecule has 4 aromatic rings. The number of carbonyl (C=O) groups excluding carboxylic acids is 1. The number of thioether (sulfide) groups is 1. The Morgan fingerprint density at radius 1 is 1.17 bits per heavy atom. The van der Waals surface area contributed by atoms with Crippen molar-refractivity contribution in [3.63, 3.8) is 0 Å². The number of carbonyl (C=O) groups is 1. The lowest BCUT2D eigenvalue weighted by Gasteiger charge is -2.12. The van der Waals surface area contributed by atoms with Gasteiger partial charge in [-0.1, -0.05) is 42.1 Å². The molecule has 4 rings (SSSR count). The lowest BCUT2D eigenvalue weighted by Crippen LogP contribution is -2.53. The molecule has 0 aliphatic carbocycles. The number of nitrogens with zero attached hydrogens (tertiary/aromatic N) is 5. The van der Waals surface area contributed by atoms with Crippen LogP contribution in [0, 0.1) is 0 Å². The van der Waals surface area contributed by atoms with E-state index in [2.05, 4.69) is 15.6 Å². The largest absolute Gasteiger partial charge is 0.305 e. The van der Waals surface area contributed by atoms with Crippen LogP contribution in [0.25, 0.3) is 16.6 Å². The summed E-state index contributed by atoms with van der Waals surface area (Å²) in [6, 6.07) is 16.4. The maximum absolute atomic E-state index is 13.1. The van der Waals surface area contributed by atoms with Crippen LogP contribution < -0.4 is 20.7 Å². The molecule has 9 nitrogen and oxygen atoms in total. The van der Waals surface area contributed by atoms with Gasteiger partial charge in [0.25, 0.3) is 11.8 Å². The van der Waals surface area contributed by atoms with Gasteiger partial charge in [-0.25, -0.2) is 4.98 Å². The first-order valence-electron chi connectivity index (χ1n) is 9.09. The quantitative estimate of drug-likeness (QED) is 0.286. The Kier molecular flexibility index (Phi) is 5.48. The van der Waals surface area contributed by atoms with Gasteiger partial charge in [0.1, 0.15) is 0 Å². The first-order valence-corrected chi connectivity index (χ1v) is 10.1. The average Bonchev–Trinajstić information content (AvgIpc) is 3.22. The molecule has 152 valence electrons. The standard InChI is InChI=1S/C20H18N6O3S/c1-24(2)25-12-18(29-23-25)22-17(27)13-30-20-21-16-11-7-6-10-15(16)19(28)26(20)14-8-4-3-5-9-14/h3-12H,13H2,1-2H3/p+1. The fourth-order valence-corrected chi connectivity index (χ4v) is 3.61. The molecule has 1 amide bonds. The zero-order valence-corrected chi connectivity index (χ0v) is 17.2. The maximum Gasteiger partial charge on any atom is 0.305 e. The maximum atomic E-state index is 13.1. The number of anilines is 1. The topological polar surface area (TPSA) is 97.1 Å². The predicted octanol–water partition coefficient (Wildman–Crippen LogP) is 1.59. The number of fused-ring (bicyclic) bond motifs is 1. The predicted molar refractivity (Wildman–Crippen MR) is 113 cm³/mol. The summed E-state index contributed by atoms with van der Waals surface area (Å²) < 4.78 is 6.60. The van der Waals surface area contributed by atoms with Crippen molar-refractivity contribution in [2.45, 2.75) is 5.16 Å². The third kappa shape index (κ3) is 4.03. The zero-order valence-electron chi connectivity index (χ0n) is 16.3. The molecule has 0 saturated heterocycles. The Labute approximate surface area is 175 Å². The van der Waals surface area contributed by atoms with Gasteiger partial charge in [-0.05, 0) is 24.3 Å². The molecule has 0 aliphatic rings. The summed E-state index contributed by atoms with van der Waals surface area (Å²) in [5.41, 5.74) is 1.09. The van der Waals surface area contributed by atoms with Crippen molar-refractivity contribution >= 4 is 34.5 Å². The van der Waals surface area contributed by atoms with E-state index in [4.69, 9.17) is 4.52 Å². The second kappa shape index (κ2) is 8.37. The molecule has 0 fully saturated rings. The number of aromatic nitrogens is 4. The second-order valence-electron chi connectivity index (χ2n) is 6.56. The molecule has 0 saturated carbocycles. The van der Waals surface area contributed by atoms with Gasteiger partial charge in [-0.3, -0.25) is 24.0 Å². The highest BCUT2D eigenvalue weighted by molar-refractivity contribution is 7.99. The highest BCUT2D eigenvalue weighted by Crippen LogP contribution is 2.21. The first-order chi connectivity index (χ1) is 14.5. The van der Waals surface area contributed by atoms with Crippen molar-refractivity contribution in [2.75, 3.05) is 30.2 Å². The fraction of sp³-hybridized carbons (Fsp3) is 0.150. The van der Waals surface area contributed by atoms with Crippen molar-refractivity contribution in [2.24, 2.45) is 0 Å². The van der Waals surface area contributed by atoms with E-state index in [-0.39, 0.29) is 23.1 Å². The van der Waals surface area contributed by atoms with Crippen LogP contribution in [0.5, 0.6) is 0 Å². The molecule has 0 unspecified atom stereocenters. The van der Waals surface area contributed by atoms with E-state index in [9.17, 15) is 9.59 Å². The summed E-state index contributed by atoms with van der Waals surface area (Å²) in [7, 11) is 3.58. The molecule has 2 aromatic heterocycles. The van der Waals surface area contributed by atoms with E-state index < -0.39 is 0 Å². The normalized spacial score (nSPS) is 10.9. The van der Waals surface area contributed by atoms with Gasteiger partial charge >= 0.3 is 5.88 Å². The highest BCUT2D eigenvalue weighted by atomic mass is 32.2. The van der Waals surface area contributed by atoms with Gasteiger partial charge < -0.3 is 0 Å². The van der Waals surface area contributed by atoms with Crippen LogP contribution in [0.1, 0.15) is 0 Å². The Balaban J connectivity index is 1.61. The molecule has 0 atom stereocenters. The smallest absolute Gasteiger partial charge is 0.288 e. The molecular formula is C20H19N6O3S+. The minimum absolute atomic E-state index is 0.0419. The van der Waals surface area contributed by atoms with Crippen molar-refractivity contribution in [1.82, 2.24) is 14.8 Å². The summed E-state index contributed by atoms with van der Waals surface area (Å²) >= 11 is 1.17. The summed E-state index contributed by atoms with van der Waals surface area (Å²) in [6.45, 7) is 0. The number of amides is 1. The summed E-state index contributed by atoms with van der Waals surface area (Å²) in [6.07, 6.45) is 1.55. The van der Waals surface area contributed by atoms with Crippen LogP contribution in [0.3, 0.4) is 0 Å². The molecule has 0 bridgehead atoms. The number of rotatable bonds is 6. The molecule has 0 radical (unpaired) electrons. The van der Waals surface area contributed by atoms with E-state index >= 15 is 0 Å². The van der Waals surface area contributed by atoms with E-state index in [1.54, 1.807) is 43.5 Å². The van der Waals surface area contributed by atoms with E-state index in [0.29, 0.717) is 21.7 Å². The van der Waals surface area contributed by atoms with Crippen LogP contribution in [0.2, 0.25) is 0 Å². The number of para-hydroxylation sites is 2. The van der Waals surface area contributed by atoms with Crippen molar-refractivity contribution in [1.29, 1.82) is 0 Å². The zero-order chi connectivity index (χ0) is 21.1. The lowest BCUT2D eigenvalue weighted by atomic mass is 10.2. The van der Waals surface area contributed by atoms with Gasteiger partial charge in [-0.15, -0.1) is 0 Å². The van der Waals surface area contributed by atoms with Crippen LogP contribution in [0.4, 0.5) is 5.88 Å². The molecule has 0 spiro atoms. The van der Waals surface area contributed by atoms with Crippen LogP contribution in [-0.4, -0.2) is 40.6 Å².